The van der Waals surface area contributed by atoms with E-state index in [0.29, 0.717) is 11.7 Å². The van der Waals surface area contributed by atoms with Gasteiger partial charge in [-0.15, -0.1) is 0 Å². The second-order valence-corrected chi connectivity index (χ2v) is 5.17. The molecule has 0 saturated heterocycles. The van der Waals surface area contributed by atoms with Crippen molar-refractivity contribution in [1.82, 2.24) is 0 Å². The number of halogens is 1. The molecular formula is C15H22FN. The van der Waals surface area contributed by atoms with Crippen LogP contribution in [0, 0.1) is 12.7 Å². The average molecular weight is 235 g/mol. The topological polar surface area (TPSA) is 12.0 Å². The SMILES string of the molecule is Cc1ccc(NC2CCCCCCC2)c(F)c1. The molecule has 0 spiro atoms. The normalized spacial score (nSPS) is 18.5. The van der Waals surface area contributed by atoms with Crippen molar-refractivity contribution >= 4 is 5.69 Å². The molecule has 1 aliphatic carbocycles. The molecule has 1 aromatic carbocycles. The summed E-state index contributed by atoms with van der Waals surface area (Å²) in [4.78, 5) is 0. The largest absolute Gasteiger partial charge is 0.380 e. The molecule has 1 nitrogen and oxygen atoms in total. The summed E-state index contributed by atoms with van der Waals surface area (Å²) in [5, 5.41) is 3.37. The van der Waals surface area contributed by atoms with Gasteiger partial charge in [0.05, 0.1) is 5.69 Å². The third-order valence-corrected chi connectivity index (χ3v) is 3.59. The summed E-state index contributed by atoms with van der Waals surface area (Å²) in [5.41, 5.74) is 1.65. The van der Waals surface area contributed by atoms with Gasteiger partial charge in [0.1, 0.15) is 5.82 Å². The number of benzene rings is 1. The summed E-state index contributed by atoms with van der Waals surface area (Å²) in [6, 6.07) is 5.88. The Hall–Kier alpha value is -1.05. The monoisotopic (exact) mass is 235 g/mol. The second kappa shape index (κ2) is 6.04. The zero-order valence-corrected chi connectivity index (χ0v) is 10.6. The summed E-state index contributed by atoms with van der Waals surface area (Å²) in [6.45, 7) is 1.92. The molecule has 2 rings (SSSR count). The fraction of sp³-hybridized carbons (Fsp3) is 0.600. The highest BCUT2D eigenvalue weighted by Gasteiger charge is 2.12. The number of hydrogen-bond acceptors (Lipinski definition) is 1. The van der Waals surface area contributed by atoms with Crippen molar-refractivity contribution in [1.29, 1.82) is 0 Å². The van der Waals surface area contributed by atoms with Gasteiger partial charge in [-0.1, -0.05) is 38.2 Å². The van der Waals surface area contributed by atoms with E-state index in [1.54, 1.807) is 6.07 Å². The molecule has 0 radical (unpaired) electrons. The molecule has 0 atom stereocenters. The lowest BCUT2D eigenvalue weighted by atomic mass is 9.96. The first-order valence-corrected chi connectivity index (χ1v) is 6.78. The molecule has 17 heavy (non-hydrogen) atoms. The lowest BCUT2D eigenvalue weighted by Gasteiger charge is -2.22. The minimum Gasteiger partial charge on any atom is -0.380 e. The van der Waals surface area contributed by atoms with Gasteiger partial charge in [0, 0.05) is 6.04 Å². The van der Waals surface area contributed by atoms with Gasteiger partial charge in [0.15, 0.2) is 0 Å². The fourth-order valence-corrected chi connectivity index (χ4v) is 2.56. The van der Waals surface area contributed by atoms with Gasteiger partial charge in [-0.25, -0.2) is 4.39 Å². The predicted octanol–water partition coefficient (Wildman–Crippen LogP) is 4.66. The van der Waals surface area contributed by atoms with E-state index in [4.69, 9.17) is 0 Å². The van der Waals surface area contributed by atoms with Crippen LogP contribution in [0.15, 0.2) is 18.2 Å². The Morgan fingerprint density at radius 2 is 1.71 bits per heavy atom. The molecule has 1 aliphatic rings. The first-order valence-electron chi connectivity index (χ1n) is 6.78. The summed E-state index contributed by atoms with van der Waals surface area (Å²) < 4.78 is 13.7. The van der Waals surface area contributed by atoms with Crippen LogP contribution < -0.4 is 5.32 Å². The minimum atomic E-state index is -0.118. The van der Waals surface area contributed by atoms with Crippen molar-refractivity contribution in [2.24, 2.45) is 0 Å². The van der Waals surface area contributed by atoms with Crippen LogP contribution in [0.25, 0.3) is 0 Å². The molecule has 0 heterocycles. The van der Waals surface area contributed by atoms with E-state index >= 15 is 0 Å². The van der Waals surface area contributed by atoms with Gasteiger partial charge >= 0.3 is 0 Å². The second-order valence-electron chi connectivity index (χ2n) is 5.17. The van der Waals surface area contributed by atoms with E-state index in [-0.39, 0.29) is 5.82 Å². The van der Waals surface area contributed by atoms with Crippen LogP contribution in [0.3, 0.4) is 0 Å². The Balaban J connectivity index is 1.98. The lowest BCUT2D eigenvalue weighted by molar-refractivity contribution is 0.469. The maximum Gasteiger partial charge on any atom is 0.146 e. The van der Waals surface area contributed by atoms with Gasteiger partial charge in [-0.05, 0) is 37.5 Å². The van der Waals surface area contributed by atoms with Gasteiger partial charge in [-0.3, -0.25) is 0 Å². The van der Waals surface area contributed by atoms with E-state index < -0.39 is 0 Å². The summed E-state index contributed by atoms with van der Waals surface area (Å²) in [7, 11) is 0. The molecule has 94 valence electrons. The predicted molar refractivity (Wildman–Crippen MR) is 70.9 cm³/mol. The molecule has 0 unspecified atom stereocenters. The standard InChI is InChI=1S/C15H22FN/c1-12-9-10-15(14(16)11-12)17-13-7-5-3-2-4-6-8-13/h9-11,13,17H,2-8H2,1H3. The number of hydrogen-bond donors (Lipinski definition) is 1. The number of nitrogens with one attached hydrogen (secondary N) is 1. The molecule has 0 amide bonds. The molecule has 1 fully saturated rings. The van der Waals surface area contributed by atoms with Crippen molar-refractivity contribution in [3.63, 3.8) is 0 Å². The molecule has 0 bridgehead atoms. The van der Waals surface area contributed by atoms with Gasteiger partial charge in [0.25, 0.3) is 0 Å². The van der Waals surface area contributed by atoms with Gasteiger partial charge in [-0.2, -0.15) is 0 Å². The first-order chi connectivity index (χ1) is 8.25. The first kappa shape index (κ1) is 12.4. The number of aryl methyl sites for hydroxylation is 1. The van der Waals surface area contributed by atoms with Gasteiger partial charge < -0.3 is 5.32 Å². The van der Waals surface area contributed by atoms with Crippen molar-refractivity contribution in [3.05, 3.63) is 29.6 Å². The van der Waals surface area contributed by atoms with Crippen LogP contribution in [0.4, 0.5) is 10.1 Å². The van der Waals surface area contributed by atoms with Crippen LogP contribution in [0.2, 0.25) is 0 Å². The third kappa shape index (κ3) is 3.72. The van der Waals surface area contributed by atoms with E-state index in [1.807, 2.05) is 19.1 Å². The molecule has 0 aliphatic heterocycles. The Bertz CT molecular complexity index is 354. The van der Waals surface area contributed by atoms with E-state index in [1.165, 1.54) is 44.9 Å². The van der Waals surface area contributed by atoms with Crippen LogP contribution in [-0.2, 0) is 0 Å². The van der Waals surface area contributed by atoms with Crippen LogP contribution in [0.5, 0.6) is 0 Å². The summed E-state index contributed by atoms with van der Waals surface area (Å²) >= 11 is 0. The van der Waals surface area contributed by atoms with E-state index in [2.05, 4.69) is 5.32 Å². The Morgan fingerprint density at radius 1 is 1.06 bits per heavy atom. The van der Waals surface area contributed by atoms with E-state index in [0.717, 1.165) is 5.56 Å². The van der Waals surface area contributed by atoms with Crippen molar-refractivity contribution in [3.8, 4) is 0 Å². The maximum atomic E-state index is 13.7. The van der Waals surface area contributed by atoms with Crippen molar-refractivity contribution < 1.29 is 4.39 Å². The molecule has 1 N–H and O–H groups in total. The smallest absolute Gasteiger partial charge is 0.146 e. The number of rotatable bonds is 2. The highest BCUT2D eigenvalue weighted by molar-refractivity contribution is 5.46. The molecule has 0 aromatic heterocycles. The van der Waals surface area contributed by atoms with Crippen molar-refractivity contribution in [2.45, 2.75) is 57.9 Å². The molecule has 1 aromatic rings. The van der Waals surface area contributed by atoms with Crippen LogP contribution in [0.1, 0.15) is 50.5 Å². The third-order valence-electron chi connectivity index (χ3n) is 3.59. The Kier molecular flexibility index (Phi) is 4.41. The van der Waals surface area contributed by atoms with Gasteiger partial charge in [0.2, 0.25) is 0 Å². The summed E-state index contributed by atoms with van der Waals surface area (Å²) in [6.07, 6.45) is 8.91. The average Bonchev–Trinajstić information content (AvgIpc) is 2.25. The highest BCUT2D eigenvalue weighted by Crippen LogP contribution is 2.22. The van der Waals surface area contributed by atoms with E-state index in [9.17, 15) is 4.39 Å². The highest BCUT2D eigenvalue weighted by atomic mass is 19.1. The fourth-order valence-electron chi connectivity index (χ4n) is 2.56. The lowest BCUT2D eigenvalue weighted by Crippen LogP contribution is -2.21. The number of anilines is 1. The molecular weight excluding hydrogens is 213 g/mol. The quantitative estimate of drug-likeness (QED) is 0.786. The van der Waals surface area contributed by atoms with Crippen molar-refractivity contribution in [2.75, 3.05) is 5.32 Å². The zero-order valence-electron chi connectivity index (χ0n) is 10.6. The van der Waals surface area contributed by atoms with Crippen LogP contribution >= 0.6 is 0 Å². The minimum absolute atomic E-state index is 0.118. The maximum absolute atomic E-state index is 13.7. The van der Waals surface area contributed by atoms with Crippen LogP contribution in [-0.4, -0.2) is 6.04 Å². The molecule has 1 saturated carbocycles. The molecule has 2 heteroatoms. The Labute approximate surface area is 103 Å². The zero-order chi connectivity index (χ0) is 12.1. The Morgan fingerprint density at radius 3 is 2.35 bits per heavy atom. The summed E-state index contributed by atoms with van der Waals surface area (Å²) in [5.74, 6) is -0.118.